The minimum atomic E-state index is -0.813. The molecule has 6 heteroatoms. The van der Waals surface area contributed by atoms with Gasteiger partial charge in [0.25, 0.3) is 0 Å². The van der Waals surface area contributed by atoms with Gasteiger partial charge in [0.1, 0.15) is 6.10 Å². The summed E-state index contributed by atoms with van der Waals surface area (Å²) in [5.74, 6) is -0.554. The summed E-state index contributed by atoms with van der Waals surface area (Å²) in [4.78, 5) is 26.2. The van der Waals surface area contributed by atoms with E-state index < -0.39 is 18.2 Å². The predicted molar refractivity (Wildman–Crippen MR) is 287 cm³/mol. The Bertz CT molecular complexity index is 1260. The molecule has 0 saturated carbocycles. The van der Waals surface area contributed by atoms with E-state index in [0.29, 0.717) is 19.3 Å². The number of amides is 1. The van der Waals surface area contributed by atoms with Crippen molar-refractivity contribution in [3.05, 3.63) is 85.1 Å². The summed E-state index contributed by atoms with van der Waals surface area (Å²) in [5.41, 5.74) is 0. The number of ether oxygens (including phenoxy) is 1. The molecule has 0 aliphatic heterocycles. The van der Waals surface area contributed by atoms with Crippen LogP contribution >= 0.6 is 0 Å². The van der Waals surface area contributed by atoms with Gasteiger partial charge in [0.2, 0.25) is 5.91 Å². The van der Waals surface area contributed by atoms with Crippen LogP contribution in [0.5, 0.6) is 0 Å². The second kappa shape index (κ2) is 53.0. The predicted octanol–water partition coefficient (Wildman–Crippen LogP) is 17.1. The van der Waals surface area contributed by atoms with E-state index >= 15 is 0 Å². The van der Waals surface area contributed by atoms with E-state index in [4.69, 9.17) is 4.74 Å². The highest BCUT2D eigenvalue weighted by Crippen LogP contribution is 2.17. The average molecular weight is 921 g/mol. The number of carbonyl (C=O) groups excluding carboxylic acids is 2. The first-order valence-corrected chi connectivity index (χ1v) is 27.9. The van der Waals surface area contributed by atoms with Gasteiger partial charge < -0.3 is 20.3 Å². The number of nitrogens with one attached hydrogen (secondary N) is 1. The van der Waals surface area contributed by atoms with Crippen LogP contribution in [0.3, 0.4) is 0 Å². The molecule has 0 aliphatic rings. The van der Waals surface area contributed by atoms with Gasteiger partial charge >= 0.3 is 5.97 Å². The Kier molecular flexibility index (Phi) is 50.6. The molecule has 6 nitrogen and oxygen atoms in total. The quantitative estimate of drug-likeness (QED) is 0.0245. The Hall–Kier alpha value is -2.96. The standard InChI is InChI=1S/C60H105NO5/c1-4-7-10-13-16-19-22-25-28-29-32-34-37-40-43-46-49-52-58(63)57(55-62)61-59(64)54-56(51-48-45-42-39-36-33-30-26-23-20-17-14-11-8-5-2)66-60(65)53-50-47-44-41-38-35-31-27-24-21-18-15-12-9-6-3/h8,11,14,17,20-21,23-24,26,30,33,36,39,42,56-58,62-63H,4-7,9-10,12-13,15-16,18-19,22,25,27-29,31-32,34-35,37-38,40-41,43-55H2,1-3H3,(H,61,64)/b11-8-,17-14+,23-20+,24-21-,30-26-,36-33+,42-39+. The number of carbonyl (C=O) groups is 2. The third-order valence-corrected chi connectivity index (χ3v) is 12.4. The number of aliphatic hydroxyl groups is 2. The van der Waals surface area contributed by atoms with Crippen LogP contribution in [-0.2, 0) is 14.3 Å². The van der Waals surface area contributed by atoms with Gasteiger partial charge in [0.15, 0.2) is 0 Å². The topological polar surface area (TPSA) is 95.9 Å². The Morgan fingerprint density at radius 2 is 0.848 bits per heavy atom. The fourth-order valence-electron chi connectivity index (χ4n) is 8.17. The molecule has 3 atom stereocenters. The lowest BCUT2D eigenvalue weighted by Gasteiger charge is -2.24. The molecule has 3 unspecified atom stereocenters. The number of hydrogen-bond acceptors (Lipinski definition) is 5. The second-order valence-electron chi connectivity index (χ2n) is 18.8. The van der Waals surface area contributed by atoms with Gasteiger partial charge in [0, 0.05) is 6.42 Å². The molecule has 66 heavy (non-hydrogen) atoms. The summed E-state index contributed by atoms with van der Waals surface area (Å²) >= 11 is 0. The number of hydrogen-bond donors (Lipinski definition) is 3. The first-order chi connectivity index (χ1) is 32.5. The Morgan fingerprint density at radius 3 is 1.32 bits per heavy atom. The SMILES string of the molecule is CC\C=C/C=C/C=C/C=C\C=C\C=C\CCCC(CC(=O)NC(CO)C(O)CCCCCCCCCCCCCCCCCCC)OC(=O)CCCCCCCCC/C=C\CCCCCC. The van der Waals surface area contributed by atoms with Crippen LogP contribution in [0.2, 0.25) is 0 Å². The van der Waals surface area contributed by atoms with Crippen molar-refractivity contribution in [3.63, 3.8) is 0 Å². The summed E-state index contributed by atoms with van der Waals surface area (Å²) in [6, 6.07) is -0.731. The minimum absolute atomic E-state index is 0.0220. The number of allylic oxidation sites excluding steroid dienone is 14. The lowest BCUT2D eigenvalue weighted by molar-refractivity contribution is -0.151. The second-order valence-corrected chi connectivity index (χ2v) is 18.8. The van der Waals surface area contributed by atoms with Crippen molar-refractivity contribution < 1.29 is 24.5 Å². The lowest BCUT2D eigenvalue weighted by Crippen LogP contribution is -2.46. The van der Waals surface area contributed by atoms with Crippen LogP contribution in [0.1, 0.15) is 258 Å². The van der Waals surface area contributed by atoms with Gasteiger partial charge in [-0.15, -0.1) is 0 Å². The maximum Gasteiger partial charge on any atom is 0.306 e. The van der Waals surface area contributed by atoms with Crippen molar-refractivity contribution in [2.24, 2.45) is 0 Å². The van der Waals surface area contributed by atoms with E-state index in [-0.39, 0.29) is 24.9 Å². The van der Waals surface area contributed by atoms with E-state index in [1.807, 2.05) is 60.8 Å². The molecule has 0 heterocycles. The summed E-state index contributed by atoms with van der Waals surface area (Å²) < 4.78 is 5.91. The smallest absolute Gasteiger partial charge is 0.306 e. The first-order valence-electron chi connectivity index (χ1n) is 27.9. The third-order valence-electron chi connectivity index (χ3n) is 12.4. The number of rotatable bonds is 49. The molecule has 380 valence electrons. The zero-order valence-electron chi connectivity index (χ0n) is 43.3. The molecular weight excluding hydrogens is 815 g/mol. The van der Waals surface area contributed by atoms with Gasteiger partial charge in [0.05, 0.1) is 25.2 Å². The van der Waals surface area contributed by atoms with E-state index in [0.717, 1.165) is 57.8 Å². The summed E-state index contributed by atoms with van der Waals surface area (Å²) in [6.07, 6.45) is 69.3. The van der Waals surface area contributed by atoms with Crippen molar-refractivity contribution in [1.82, 2.24) is 5.32 Å². The molecule has 1 amide bonds. The summed E-state index contributed by atoms with van der Waals surface area (Å²) in [5, 5.41) is 23.8. The fraction of sp³-hybridized carbons (Fsp3) is 0.733. The van der Waals surface area contributed by atoms with Gasteiger partial charge in [-0.1, -0.05) is 266 Å². The van der Waals surface area contributed by atoms with Gasteiger partial charge in [-0.3, -0.25) is 9.59 Å². The highest BCUT2D eigenvalue weighted by atomic mass is 16.5. The van der Waals surface area contributed by atoms with Crippen LogP contribution < -0.4 is 5.32 Å². The van der Waals surface area contributed by atoms with Crippen molar-refractivity contribution in [1.29, 1.82) is 0 Å². The largest absolute Gasteiger partial charge is 0.462 e. The lowest BCUT2D eigenvalue weighted by atomic mass is 10.0. The van der Waals surface area contributed by atoms with Gasteiger partial charge in [-0.25, -0.2) is 0 Å². The summed E-state index contributed by atoms with van der Waals surface area (Å²) in [6.45, 7) is 6.32. The Labute approximate surface area is 408 Å². The van der Waals surface area contributed by atoms with Crippen molar-refractivity contribution in [3.8, 4) is 0 Å². The minimum Gasteiger partial charge on any atom is -0.462 e. The van der Waals surface area contributed by atoms with Crippen LogP contribution in [-0.4, -0.2) is 46.9 Å². The molecule has 0 aromatic rings. The first kappa shape index (κ1) is 63.0. The molecule has 3 N–H and O–H groups in total. The van der Waals surface area contributed by atoms with Crippen LogP contribution in [0.25, 0.3) is 0 Å². The molecule has 0 aromatic heterocycles. The zero-order chi connectivity index (χ0) is 48.1. The van der Waals surface area contributed by atoms with Crippen LogP contribution in [0, 0.1) is 0 Å². The Morgan fingerprint density at radius 1 is 0.455 bits per heavy atom. The number of esters is 1. The van der Waals surface area contributed by atoms with Crippen molar-refractivity contribution in [2.45, 2.75) is 277 Å². The van der Waals surface area contributed by atoms with Crippen molar-refractivity contribution in [2.75, 3.05) is 6.61 Å². The van der Waals surface area contributed by atoms with Gasteiger partial charge in [-0.05, 0) is 64.2 Å². The molecule has 0 spiro atoms. The van der Waals surface area contributed by atoms with Crippen molar-refractivity contribution >= 4 is 11.9 Å². The average Bonchev–Trinajstić information content (AvgIpc) is 3.31. The monoisotopic (exact) mass is 920 g/mol. The maximum absolute atomic E-state index is 13.2. The normalized spacial score (nSPS) is 13.8. The molecule has 0 aliphatic carbocycles. The molecule has 0 fully saturated rings. The molecule has 0 rings (SSSR count). The van der Waals surface area contributed by atoms with Crippen LogP contribution in [0.15, 0.2) is 85.1 Å². The van der Waals surface area contributed by atoms with E-state index in [9.17, 15) is 19.8 Å². The van der Waals surface area contributed by atoms with E-state index in [2.05, 4.69) is 50.4 Å². The van der Waals surface area contributed by atoms with E-state index in [1.165, 1.54) is 154 Å². The number of aliphatic hydroxyl groups excluding tert-OH is 2. The molecule has 0 radical (unpaired) electrons. The Balaban J connectivity index is 4.66. The van der Waals surface area contributed by atoms with Crippen LogP contribution in [0.4, 0.5) is 0 Å². The van der Waals surface area contributed by atoms with Gasteiger partial charge in [-0.2, -0.15) is 0 Å². The van der Waals surface area contributed by atoms with E-state index in [1.54, 1.807) is 0 Å². The molecule has 0 aromatic carbocycles. The molecule has 0 saturated heterocycles. The zero-order valence-corrected chi connectivity index (χ0v) is 43.3. The molecule has 0 bridgehead atoms. The highest BCUT2D eigenvalue weighted by molar-refractivity contribution is 5.77. The highest BCUT2D eigenvalue weighted by Gasteiger charge is 2.24. The molecular formula is C60H105NO5. The number of unbranched alkanes of at least 4 members (excludes halogenated alkanes) is 28. The fourth-order valence-corrected chi connectivity index (χ4v) is 8.17. The summed E-state index contributed by atoms with van der Waals surface area (Å²) in [7, 11) is 0. The third kappa shape index (κ3) is 47.5. The maximum atomic E-state index is 13.2.